The van der Waals surface area contributed by atoms with Crippen LogP contribution in [-0.4, -0.2) is 13.1 Å². The van der Waals surface area contributed by atoms with Gasteiger partial charge in [0.1, 0.15) is 0 Å². The first-order chi connectivity index (χ1) is 6.77. The van der Waals surface area contributed by atoms with Gasteiger partial charge in [-0.15, -0.1) is 0 Å². The molecule has 0 aliphatic carbocycles. The highest BCUT2D eigenvalue weighted by Crippen LogP contribution is 2.25. The van der Waals surface area contributed by atoms with Crippen LogP contribution in [0.15, 0.2) is 24.3 Å². The van der Waals surface area contributed by atoms with Gasteiger partial charge in [0, 0.05) is 23.6 Å². The van der Waals surface area contributed by atoms with Crippen LogP contribution in [0, 0.1) is 0 Å². The molecule has 1 atom stereocenters. The number of rotatable bonds is 2. The SMILES string of the molecule is CC(Br)c1ccc(N2CCCC2)cc1. The van der Waals surface area contributed by atoms with Crippen LogP contribution in [0.2, 0.25) is 0 Å². The van der Waals surface area contributed by atoms with Crippen LogP contribution in [0.4, 0.5) is 5.69 Å². The summed E-state index contributed by atoms with van der Waals surface area (Å²) in [5.41, 5.74) is 2.73. The summed E-state index contributed by atoms with van der Waals surface area (Å²) in [4.78, 5) is 2.91. The van der Waals surface area contributed by atoms with Crippen LogP contribution < -0.4 is 4.90 Å². The predicted octanol–water partition coefficient (Wildman–Crippen LogP) is 3.74. The molecule has 2 heteroatoms. The summed E-state index contributed by atoms with van der Waals surface area (Å²) < 4.78 is 0. The van der Waals surface area contributed by atoms with Crippen molar-refractivity contribution in [2.75, 3.05) is 18.0 Å². The van der Waals surface area contributed by atoms with Crippen LogP contribution in [0.1, 0.15) is 30.2 Å². The van der Waals surface area contributed by atoms with E-state index in [1.807, 2.05) is 0 Å². The largest absolute Gasteiger partial charge is 0.372 e. The highest BCUT2D eigenvalue weighted by atomic mass is 79.9. The van der Waals surface area contributed by atoms with Crippen molar-refractivity contribution in [1.29, 1.82) is 0 Å². The number of hydrogen-bond acceptors (Lipinski definition) is 1. The molecule has 14 heavy (non-hydrogen) atoms. The molecule has 2 rings (SSSR count). The molecule has 76 valence electrons. The molecule has 1 fully saturated rings. The monoisotopic (exact) mass is 253 g/mol. The molecule has 0 spiro atoms. The molecule has 1 aromatic rings. The predicted molar refractivity (Wildman–Crippen MR) is 65.2 cm³/mol. The number of anilines is 1. The highest BCUT2D eigenvalue weighted by Gasteiger charge is 2.11. The summed E-state index contributed by atoms with van der Waals surface area (Å²) in [7, 11) is 0. The average Bonchev–Trinajstić information content (AvgIpc) is 2.71. The zero-order chi connectivity index (χ0) is 9.97. The Labute approximate surface area is 94.2 Å². The summed E-state index contributed by atoms with van der Waals surface area (Å²) in [5, 5.41) is 0. The molecule has 0 aromatic heterocycles. The molecule has 1 aliphatic heterocycles. The number of nitrogens with zero attached hydrogens (tertiary/aromatic N) is 1. The molecule has 1 nitrogen and oxygen atoms in total. The zero-order valence-corrected chi connectivity index (χ0v) is 10.1. The summed E-state index contributed by atoms with van der Waals surface area (Å²) in [5.74, 6) is 0. The van der Waals surface area contributed by atoms with Gasteiger partial charge in [0.25, 0.3) is 0 Å². The summed E-state index contributed by atoms with van der Waals surface area (Å²) in [6.07, 6.45) is 2.69. The highest BCUT2D eigenvalue weighted by molar-refractivity contribution is 9.09. The second kappa shape index (κ2) is 4.35. The lowest BCUT2D eigenvalue weighted by Crippen LogP contribution is -2.17. The quantitative estimate of drug-likeness (QED) is 0.726. The lowest BCUT2D eigenvalue weighted by Gasteiger charge is -2.18. The fourth-order valence-electron chi connectivity index (χ4n) is 1.93. The molecule has 0 radical (unpaired) electrons. The molecule has 1 unspecified atom stereocenters. The van der Waals surface area contributed by atoms with Crippen molar-refractivity contribution in [2.45, 2.75) is 24.6 Å². The molecule has 1 aromatic carbocycles. The second-order valence-electron chi connectivity index (χ2n) is 3.90. The van der Waals surface area contributed by atoms with E-state index in [1.165, 1.54) is 37.2 Å². The van der Waals surface area contributed by atoms with E-state index in [0.29, 0.717) is 4.83 Å². The maximum Gasteiger partial charge on any atom is 0.0367 e. The Balaban J connectivity index is 2.12. The molecule has 1 heterocycles. The van der Waals surface area contributed by atoms with E-state index >= 15 is 0 Å². The summed E-state index contributed by atoms with van der Waals surface area (Å²) >= 11 is 3.58. The molecule has 0 amide bonds. The van der Waals surface area contributed by atoms with Crippen LogP contribution in [0.5, 0.6) is 0 Å². The van der Waals surface area contributed by atoms with E-state index in [0.717, 1.165) is 0 Å². The van der Waals surface area contributed by atoms with Gasteiger partial charge in [0.15, 0.2) is 0 Å². The zero-order valence-electron chi connectivity index (χ0n) is 8.54. The fraction of sp³-hybridized carbons (Fsp3) is 0.500. The van der Waals surface area contributed by atoms with Gasteiger partial charge in [-0.05, 0) is 37.5 Å². The van der Waals surface area contributed by atoms with Crippen molar-refractivity contribution >= 4 is 21.6 Å². The van der Waals surface area contributed by atoms with Gasteiger partial charge in [-0.2, -0.15) is 0 Å². The van der Waals surface area contributed by atoms with Crippen molar-refractivity contribution in [3.8, 4) is 0 Å². The molecule has 0 bridgehead atoms. The Hall–Kier alpha value is -0.500. The first-order valence-corrected chi connectivity index (χ1v) is 6.18. The van der Waals surface area contributed by atoms with Crippen molar-refractivity contribution in [3.63, 3.8) is 0 Å². The van der Waals surface area contributed by atoms with Crippen LogP contribution in [-0.2, 0) is 0 Å². The second-order valence-corrected chi connectivity index (χ2v) is 5.28. The van der Waals surface area contributed by atoms with E-state index in [1.54, 1.807) is 0 Å². The van der Waals surface area contributed by atoms with E-state index in [2.05, 4.69) is 52.0 Å². The minimum atomic E-state index is 0.454. The van der Waals surface area contributed by atoms with Crippen LogP contribution in [0.3, 0.4) is 0 Å². The minimum absolute atomic E-state index is 0.454. The Morgan fingerprint density at radius 1 is 1.14 bits per heavy atom. The topological polar surface area (TPSA) is 3.24 Å². The molecule has 1 saturated heterocycles. The molecular weight excluding hydrogens is 238 g/mol. The third-order valence-corrected chi connectivity index (χ3v) is 3.35. The standard InChI is InChI=1S/C12H16BrN/c1-10(13)11-4-6-12(7-5-11)14-8-2-3-9-14/h4-7,10H,2-3,8-9H2,1H3. The van der Waals surface area contributed by atoms with Gasteiger partial charge < -0.3 is 4.90 Å². The van der Waals surface area contributed by atoms with Gasteiger partial charge in [-0.3, -0.25) is 0 Å². The van der Waals surface area contributed by atoms with Crippen molar-refractivity contribution in [2.24, 2.45) is 0 Å². The fourth-order valence-corrected chi connectivity index (χ4v) is 2.23. The third-order valence-electron chi connectivity index (χ3n) is 2.82. The maximum atomic E-state index is 3.58. The number of halogens is 1. The van der Waals surface area contributed by atoms with Crippen molar-refractivity contribution < 1.29 is 0 Å². The number of hydrogen-bond donors (Lipinski definition) is 0. The van der Waals surface area contributed by atoms with E-state index in [-0.39, 0.29) is 0 Å². The number of benzene rings is 1. The normalized spacial score (nSPS) is 18.6. The number of alkyl halides is 1. The Bertz CT molecular complexity index is 286. The maximum absolute atomic E-state index is 3.58. The van der Waals surface area contributed by atoms with E-state index in [4.69, 9.17) is 0 Å². The van der Waals surface area contributed by atoms with Crippen molar-refractivity contribution in [3.05, 3.63) is 29.8 Å². The van der Waals surface area contributed by atoms with E-state index < -0.39 is 0 Å². The first-order valence-electron chi connectivity index (χ1n) is 5.26. The van der Waals surface area contributed by atoms with Gasteiger partial charge >= 0.3 is 0 Å². The molecular formula is C12H16BrN. The van der Waals surface area contributed by atoms with E-state index in [9.17, 15) is 0 Å². The summed E-state index contributed by atoms with van der Waals surface area (Å²) in [6, 6.07) is 8.90. The first kappa shape index (κ1) is 10.0. The minimum Gasteiger partial charge on any atom is -0.372 e. The van der Waals surface area contributed by atoms with Gasteiger partial charge in [-0.1, -0.05) is 28.1 Å². The van der Waals surface area contributed by atoms with Crippen LogP contribution in [0.25, 0.3) is 0 Å². The Morgan fingerprint density at radius 3 is 2.21 bits per heavy atom. The van der Waals surface area contributed by atoms with Gasteiger partial charge in [0.2, 0.25) is 0 Å². The van der Waals surface area contributed by atoms with Crippen LogP contribution >= 0.6 is 15.9 Å². The smallest absolute Gasteiger partial charge is 0.0367 e. The average molecular weight is 254 g/mol. The Morgan fingerprint density at radius 2 is 1.71 bits per heavy atom. The molecule has 0 N–H and O–H groups in total. The lowest BCUT2D eigenvalue weighted by atomic mass is 10.1. The van der Waals surface area contributed by atoms with Gasteiger partial charge in [-0.25, -0.2) is 0 Å². The lowest BCUT2D eigenvalue weighted by molar-refractivity contribution is 0.949. The molecule has 1 aliphatic rings. The van der Waals surface area contributed by atoms with Crippen molar-refractivity contribution in [1.82, 2.24) is 0 Å². The summed E-state index contributed by atoms with van der Waals surface area (Å²) in [6.45, 7) is 4.61. The third kappa shape index (κ3) is 2.11. The molecule has 0 saturated carbocycles. The Kier molecular flexibility index (Phi) is 3.12. The van der Waals surface area contributed by atoms with Gasteiger partial charge in [0.05, 0.1) is 0 Å².